The lowest BCUT2D eigenvalue weighted by Gasteiger charge is -2.25. The predicted octanol–water partition coefficient (Wildman–Crippen LogP) is 3.28. The number of aromatic nitrogens is 1. The van der Waals surface area contributed by atoms with Gasteiger partial charge in [-0.2, -0.15) is 0 Å². The number of hydrogen-bond donors (Lipinski definition) is 1. The molecular formula is C20H27N3O4. The minimum atomic E-state index is -0.429. The molecule has 0 aliphatic heterocycles. The first-order valence-corrected chi connectivity index (χ1v) is 9.03. The zero-order valence-electron chi connectivity index (χ0n) is 16.5. The normalized spacial score (nSPS) is 11.7. The van der Waals surface area contributed by atoms with E-state index in [1.807, 2.05) is 32.9 Å². The number of anilines is 1. The van der Waals surface area contributed by atoms with Crippen molar-refractivity contribution in [2.75, 3.05) is 25.5 Å². The van der Waals surface area contributed by atoms with Crippen molar-refractivity contribution in [1.82, 2.24) is 10.1 Å². The number of hydrogen-bond acceptors (Lipinski definition) is 5. The number of amides is 2. The van der Waals surface area contributed by atoms with Gasteiger partial charge >= 0.3 is 0 Å². The van der Waals surface area contributed by atoms with Gasteiger partial charge in [0.1, 0.15) is 11.5 Å². The summed E-state index contributed by atoms with van der Waals surface area (Å²) in [5, 5.41) is 6.73. The molecule has 2 amide bonds. The average Bonchev–Trinajstić information content (AvgIpc) is 2.99. The van der Waals surface area contributed by atoms with Crippen molar-refractivity contribution in [2.45, 2.75) is 40.0 Å². The van der Waals surface area contributed by atoms with Crippen LogP contribution in [0.5, 0.6) is 5.75 Å². The van der Waals surface area contributed by atoms with Crippen molar-refractivity contribution < 1.29 is 18.8 Å². The Morgan fingerprint density at radius 1 is 1.30 bits per heavy atom. The third kappa shape index (κ3) is 4.87. The highest BCUT2D eigenvalue weighted by molar-refractivity contribution is 5.96. The third-order valence-electron chi connectivity index (χ3n) is 4.41. The van der Waals surface area contributed by atoms with E-state index in [4.69, 9.17) is 9.26 Å². The molecule has 0 radical (unpaired) electrons. The molecule has 7 nitrogen and oxygen atoms in total. The van der Waals surface area contributed by atoms with E-state index in [9.17, 15) is 9.59 Å². The molecule has 0 bridgehead atoms. The van der Waals surface area contributed by atoms with Crippen molar-refractivity contribution in [2.24, 2.45) is 0 Å². The van der Waals surface area contributed by atoms with Crippen LogP contribution in [0.4, 0.5) is 5.69 Å². The van der Waals surface area contributed by atoms with Crippen molar-refractivity contribution in [1.29, 1.82) is 0 Å². The molecule has 7 heteroatoms. The van der Waals surface area contributed by atoms with Crippen LogP contribution in [-0.2, 0) is 9.59 Å². The summed E-state index contributed by atoms with van der Waals surface area (Å²) >= 11 is 0. The molecule has 0 saturated heterocycles. The first kappa shape index (κ1) is 20.5. The van der Waals surface area contributed by atoms with E-state index in [2.05, 4.69) is 10.5 Å². The van der Waals surface area contributed by atoms with Crippen LogP contribution in [0, 0.1) is 13.8 Å². The number of carbonyl (C=O) groups is 2. The van der Waals surface area contributed by atoms with Gasteiger partial charge in [0, 0.05) is 12.1 Å². The Kier molecular flexibility index (Phi) is 6.98. The minimum Gasteiger partial charge on any atom is -0.495 e. The first-order valence-electron chi connectivity index (χ1n) is 9.03. The maximum absolute atomic E-state index is 13.0. The minimum absolute atomic E-state index is 0.0293. The van der Waals surface area contributed by atoms with E-state index in [0.29, 0.717) is 29.4 Å². The fraction of sp³-hybridized carbons (Fsp3) is 0.450. The number of carbonyl (C=O) groups excluding carboxylic acids is 2. The fourth-order valence-electron chi connectivity index (χ4n) is 3.15. The largest absolute Gasteiger partial charge is 0.495 e. The number of nitrogens with one attached hydrogen (secondary N) is 1. The Bertz CT molecular complexity index is 781. The number of nitrogens with zero attached hydrogens (tertiary/aromatic N) is 2. The smallest absolute Gasteiger partial charge is 0.244 e. The van der Waals surface area contributed by atoms with Crippen molar-refractivity contribution in [3.63, 3.8) is 0 Å². The van der Waals surface area contributed by atoms with E-state index >= 15 is 0 Å². The summed E-state index contributed by atoms with van der Waals surface area (Å²) in [6, 6.07) is 7.17. The first-order chi connectivity index (χ1) is 12.9. The van der Waals surface area contributed by atoms with Crippen LogP contribution in [0.1, 0.15) is 43.2 Å². The van der Waals surface area contributed by atoms with Crippen LogP contribution < -0.4 is 10.1 Å². The molecule has 2 rings (SSSR count). The third-order valence-corrected chi connectivity index (χ3v) is 4.41. The van der Waals surface area contributed by atoms with Gasteiger partial charge in [0.05, 0.1) is 31.0 Å². The van der Waals surface area contributed by atoms with E-state index < -0.39 is 5.92 Å². The maximum Gasteiger partial charge on any atom is 0.244 e. The average molecular weight is 373 g/mol. The summed E-state index contributed by atoms with van der Waals surface area (Å²) < 4.78 is 10.4. The molecular weight excluding hydrogens is 346 g/mol. The summed E-state index contributed by atoms with van der Waals surface area (Å²) in [7, 11) is 1.54. The van der Waals surface area contributed by atoms with Gasteiger partial charge in [-0.3, -0.25) is 9.59 Å². The molecule has 0 aliphatic rings. The number of para-hydroxylation sites is 2. The molecule has 27 heavy (non-hydrogen) atoms. The highest BCUT2D eigenvalue weighted by atomic mass is 16.5. The van der Waals surface area contributed by atoms with Gasteiger partial charge < -0.3 is 19.5 Å². The van der Waals surface area contributed by atoms with Crippen LogP contribution in [0.3, 0.4) is 0 Å². The molecule has 0 saturated carbocycles. The molecule has 146 valence electrons. The lowest BCUT2D eigenvalue weighted by atomic mass is 9.98. The Morgan fingerprint density at radius 2 is 2.00 bits per heavy atom. The Hall–Kier alpha value is -2.83. The van der Waals surface area contributed by atoms with E-state index in [1.54, 1.807) is 31.1 Å². The summed E-state index contributed by atoms with van der Waals surface area (Å²) in [6.07, 6.45) is 0.752. The Labute approximate surface area is 159 Å². The molecule has 0 spiro atoms. The highest BCUT2D eigenvalue weighted by Gasteiger charge is 2.28. The molecule has 2 aromatic rings. The number of aryl methyl sites for hydroxylation is 2. The molecule has 1 aromatic carbocycles. The lowest BCUT2D eigenvalue weighted by Crippen LogP contribution is -2.40. The number of ether oxygens (including phenoxy) is 1. The summed E-state index contributed by atoms with van der Waals surface area (Å²) in [5.74, 6) is 0.377. The molecule has 1 heterocycles. The summed E-state index contributed by atoms with van der Waals surface area (Å²) in [4.78, 5) is 27.1. The van der Waals surface area contributed by atoms with Gasteiger partial charge in [0.15, 0.2) is 0 Å². The lowest BCUT2D eigenvalue weighted by molar-refractivity contribution is -0.135. The van der Waals surface area contributed by atoms with Gasteiger partial charge in [0.25, 0.3) is 0 Å². The van der Waals surface area contributed by atoms with Crippen molar-refractivity contribution in [3.05, 3.63) is 41.3 Å². The SMILES string of the molecule is CCCN(CC(=O)Nc1ccccc1OC)C(=O)C(C)c1c(C)noc1C. The summed E-state index contributed by atoms with van der Waals surface area (Å²) in [6.45, 7) is 7.85. The molecule has 1 unspecified atom stereocenters. The van der Waals surface area contributed by atoms with Gasteiger partial charge in [-0.1, -0.05) is 24.2 Å². The standard InChI is InChI=1S/C20H27N3O4/c1-6-11-23(20(25)13(2)19-14(3)22-27-15(19)4)12-18(24)21-16-9-7-8-10-17(16)26-5/h7-10,13H,6,11-12H2,1-5H3,(H,21,24). The fourth-order valence-corrected chi connectivity index (χ4v) is 3.15. The number of methoxy groups -OCH3 is 1. The Morgan fingerprint density at radius 3 is 2.59 bits per heavy atom. The van der Waals surface area contributed by atoms with E-state index in [-0.39, 0.29) is 18.4 Å². The predicted molar refractivity (Wildman–Crippen MR) is 103 cm³/mol. The molecule has 0 fully saturated rings. The zero-order valence-corrected chi connectivity index (χ0v) is 16.5. The van der Waals surface area contributed by atoms with Crippen LogP contribution in [-0.4, -0.2) is 42.1 Å². The second-order valence-corrected chi connectivity index (χ2v) is 6.47. The second-order valence-electron chi connectivity index (χ2n) is 6.47. The topological polar surface area (TPSA) is 84.7 Å². The van der Waals surface area contributed by atoms with E-state index in [0.717, 1.165) is 12.0 Å². The van der Waals surface area contributed by atoms with Crippen LogP contribution in [0.25, 0.3) is 0 Å². The number of benzene rings is 1. The van der Waals surface area contributed by atoms with Gasteiger partial charge in [-0.25, -0.2) is 0 Å². The maximum atomic E-state index is 13.0. The van der Waals surface area contributed by atoms with Gasteiger partial charge in [-0.15, -0.1) is 0 Å². The summed E-state index contributed by atoms with van der Waals surface area (Å²) in [5.41, 5.74) is 2.06. The number of rotatable bonds is 8. The quantitative estimate of drug-likeness (QED) is 0.767. The molecule has 1 atom stereocenters. The molecule has 0 aliphatic carbocycles. The molecule has 1 N–H and O–H groups in total. The van der Waals surface area contributed by atoms with Crippen LogP contribution in [0.15, 0.2) is 28.8 Å². The van der Waals surface area contributed by atoms with Crippen LogP contribution in [0.2, 0.25) is 0 Å². The monoisotopic (exact) mass is 373 g/mol. The zero-order chi connectivity index (χ0) is 20.0. The Balaban J connectivity index is 2.12. The van der Waals surface area contributed by atoms with E-state index in [1.165, 1.54) is 0 Å². The van der Waals surface area contributed by atoms with Crippen molar-refractivity contribution in [3.8, 4) is 5.75 Å². The van der Waals surface area contributed by atoms with Gasteiger partial charge in [0.2, 0.25) is 11.8 Å². The van der Waals surface area contributed by atoms with Gasteiger partial charge in [-0.05, 0) is 39.3 Å². The second kappa shape index (κ2) is 9.21. The highest BCUT2D eigenvalue weighted by Crippen LogP contribution is 2.26. The van der Waals surface area contributed by atoms with Crippen LogP contribution >= 0.6 is 0 Å². The molecule has 1 aromatic heterocycles. The van der Waals surface area contributed by atoms with Crippen molar-refractivity contribution >= 4 is 17.5 Å².